The maximum absolute atomic E-state index is 11.0. The summed E-state index contributed by atoms with van der Waals surface area (Å²) in [5, 5.41) is 31.1. The summed E-state index contributed by atoms with van der Waals surface area (Å²) < 4.78 is 0. The summed E-state index contributed by atoms with van der Waals surface area (Å²) in [6.07, 6.45) is 8.69. The molecular weight excluding hydrogens is 327 g/mol. The van der Waals surface area contributed by atoms with E-state index in [1.165, 1.54) is 5.56 Å². The van der Waals surface area contributed by atoms with Crippen LogP contribution in [0.3, 0.4) is 0 Å². The molecule has 2 N–H and O–H groups in total. The number of carboxylic acid groups (broad SMARTS) is 1. The van der Waals surface area contributed by atoms with Gasteiger partial charge in [-0.15, -0.1) is 0 Å². The van der Waals surface area contributed by atoms with E-state index in [0.717, 1.165) is 25.7 Å². The molecule has 0 bridgehead atoms. The van der Waals surface area contributed by atoms with Gasteiger partial charge in [-0.25, -0.2) is 0 Å². The predicted molar refractivity (Wildman–Crippen MR) is 91.1 cm³/mol. The fraction of sp³-hybridized carbons (Fsp3) is 0.550. The molecule has 0 spiro atoms. The van der Waals surface area contributed by atoms with Gasteiger partial charge in [-0.2, -0.15) is 0 Å². The van der Waals surface area contributed by atoms with Crippen molar-refractivity contribution in [2.45, 2.75) is 63.1 Å². The number of allylic oxidation sites excluding steroid dienone is 1. The van der Waals surface area contributed by atoms with Crippen LogP contribution in [0.15, 0.2) is 42.5 Å². The Labute approximate surface area is 172 Å². The minimum absolute atomic E-state index is 0. The molecule has 1 aliphatic rings. The molecule has 0 radical (unpaired) electrons. The van der Waals surface area contributed by atoms with Crippen LogP contribution < -0.4 is 34.7 Å². The monoisotopic (exact) mass is 354 g/mol. The number of aliphatic hydroxyl groups excluding tert-OH is 1. The first-order valence-corrected chi connectivity index (χ1v) is 8.84. The third-order valence-electron chi connectivity index (χ3n) is 4.81. The third kappa shape index (κ3) is 7.63. The van der Waals surface area contributed by atoms with Gasteiger partial charge in [-0.1, -0.05) is 48.9 Å². The maximum atomic E-state index is 11.0. The number of aliphatic hydroxyl groups is 2. The molecule has 2 rings (SSSR count). The van der Waals surface area contributed by atoms with Gasteiger partial charge in [-0.3, -0.25) is 0 Å². The third-order valence-corrected chi connectivity index (χ3v) is 4.81. The molecule has 0 heterocycles. The number of hydrogen-bond acceptors (Lipinski definition) is 4. The van der Waals surface area contributed by atoms with Crippen molar-refractivity contribution in [3.05, 3.63) is 48.0 Å². The number of hydrogen-bond donors (Lipinski definition) is 2. The van der Waals surface area contributed by atoms with Crippen LogP contribution >= 0.6 is 0 Å². The van der Waals surface area contributed by atoms with Gasteiger partial charge < -0.3 is 20.1 Å². The van der Waals surface area contributed by atoms with E-state index in [2.05, 4.69) is 12.1 Å². The van der Waals surface area contributed by atoms with Gasteiger partial charge in [0.15, 0.2) is 0 Å². The summed E-state index contributed by atoms with van der Waals surface area (Å²) in [5.41, 5.74) is -0.403. The van der Waals surface area contributed by atoms with Gasteiger partial charge in [0.25, 0.3) is 0 Å². The van der Waals surface area contributed by atoms with Crippen molar-refractivity contribution in [3.63, 3.8) is 0 Å². The molecule has 1 fully saturated rings. The number of rotatable bonds is 8. The smallest absolute Gasteiger partial charge is 0.547 e. The normalized spacial score (nSPS) is 24.6. The van der Waals surface area contributed by atoms with Crippen molar-refractivity contribution in [1.29, 1.82) is 0 Å². The first kappa shape index (κ1) is 22.4. The molecule has 25 heavy (non-hydrogen) atoms. The molecule has 4 nitrogen and oxygen atoms in total. The Balaban J connectivity index is 0.00000312. The van der Waals surface area contributed by atoms with E-state index in [0.29, 0.717) is 12.8 Å². The predicted octanol–water partition coefficient (Wildman–Crippen LogP) is -1.01. The molecule has 1 saturated carbocycles. The van der Waals surface area contributed by atoms with Crippen LogP contribution in [0.4, 0.5) is 0 Å². The van der Waals surface area contributed by atoms with Gasteiger partial charge in [0.05, 0.1) is 12.1 Å². The zero-order valence-corrected chi connectivity index (χ0v) is 17.1. The molecule has 0 saturated heterocycles. The van der Waals surface area contributed by atoms with E-state index in [4.69, 9.17) is 0 Å². The number of carbonyl (C=O) groups excluding carboxylic acids is 1. The van der Waals surface area contributed by atoms with E-state index in [9.17, 15) is 20.1 Å². The van der Waals surface area contributed by atoms with Crippen LogP contribution in [0.2, 0.25) is 0 Å². The van der Waals surface area contributed by atoms with E-state index >= 15 is 0 Å². The zero-order valence-electron chi connectivity index (χ0n) is 15.1. The minimum atomic E-state index is -1.71. The summed E-state index contributed by atoms with van der Waals surface area (Å²) in [6.45, 7) is 0. The second-order valence-corrected chi connectivity index (χ2v) is 6.86. The van der Waals surface area contributed by atoms with Gasteiger partial charge in [-0.05, 0) is 56.4 Å². The Morgan fingerprint density at radius 1 is 1.32 bits per heavy atom. The molecule has 1 aromatic carbocycles. The fourth-order valence-corrected chi connectivity index (χ4v) is 3.35. The molecule has 5 heteroatoms. The Kier molecular flexibility index (Phi) is 9.98. The average molecular weight is 354 g/mol. The number of carbonyl (C=O) groups is 1. The topological polar surface area (TPSA) is 80.6 Å². The Morgan fingerprint density at radius 3 is 2.72 bits per heavy atom. The molecule has 1 aliphatic carbocycles. The van der Waals surface area contributed by atoms with Crippen LogP contribution in [-0.4, -0.2) is 27.9 Å². The Morgan fingerprint density at radius 2 is 2.04 bits per heavy atom. The summed E-state index contributed by atoms with van der Waals surface area (Å²) in [4.78, 5) is 11.0. The molecule has 0 aromatic heterocycles. The Bertz CT molecular complexity index is 546. The van der Waals surface area contributed by atoms with Crippen molar-refractivity contribution < 1.29 is 49.7 Å². The summed E-state index contributed by atoms with van der Waals surface area (Å²) in [6, 6.07) is 10.3. The van der Waals surface area contributed by atoms with Crippen molar-refractivity contribution in [2.75, 3.05) is 0 Å². The van der Waals surface area contributed by atoms with Gasteiger partial charge >= 0.3 is 29.6 Å². The molecule has 0 amide bonds. The molecule has 1 aromatic rings. The van der Waals surface area contributed by atoms with E-state index < -0.39 is 17.7 Å². The molecular formula is C20H27NaO4. The minimum Gasteiger partial charge on any atom is -0.547 e. The SMILES string of the molecule is O=C([O-])[C@]1(O)CCC[C@H](/C=C/[C@@H](O)CCCCc2ccccc2)C1.[Na+]. The first-order valence-electron chi connectivity index (χ1n) is 8.84. The van der Waals surface area contributed by atoms with Crippen molar-refractivity contribution >= 4 is 5.97 Å². The average Bonchev–Trinajstić information content (AvgIpc) is 2.58. The molecule has 0 aliphatic heterocycles. The Hall–Kier alpha value is -0.650. The van der Waals surface area contributed by atoms with Gasteiger partial charge in [0.1, 0.15) is 5.60 Å². The standard InChI is InChI=1S/C20H28O4.Na/c21-18(11-5-4-9-16-7-2-1-3-8-16)13-12-17-10-6-14-20(24,15-17)19(22)23;/h1-3,7-8,12-13,17-18,21,24H,4-6,9-11,14-15H2,(H,22,23);/q;+1/p-1/b13-12+;/t17-,18+,20+;/m1./s1. The van der Waals surface area contributed by atoms with E-state index in [1.54, 1.807) is 6.08 Å². The quantitative estimate of drug-likeness (QED) is 0.356. The van der Waals surface area contributed by atoms with Crippen LogP contribution in [0.25, 0.3) is 0 Å². The second-order valence-electron chi connectivity index (χ2n) is 6.86. The van der Waals surface area contributed by atoms with Gasteiger partial charge in [0.2, 0.25) is 0 Å². The summed E-state index contributed by atoms with van der Waals surface area (Å²) in [5.74, 6) is -1.40. The van der Waals surface area contributed by atoms with Gasteiger partial charge in [0, 0.05) is 0 Å². The van der Waals surface area contributed by atoms with Crippen LogP contribution in [0.5, 0.6) is 0 Å². The van der Waals surface area contributed by atoms with Crippen LogP contribution in [0, 0.1) is 5.92 Å². The second kappa shape index (κ2) is 11.1. The zero-order chi connectivity index (χ0) is 17.4. The van der Waals surface area contributed by atoms with E-state index in [1.807, 2.05) is 24.3 Å². The maximum Gasteiger partial charge on any atom is 1.00 e. The molecule has 132 valence electrons. The van der Waals surface area contributed by atoms with E-state index in [-0.39, 0.29) is 48.3 Å². The van der Waals surface area contributed by atoms with Crippen molar-refractivity contribution in [2.24, 2.45) is 5.92 Å². The number of benzene rings is 1. The number of unbranched alkanes of at least 4 members (excludes halogenated alkanes) is 1. The summed E-state index contributed by atoms with van der Waals surface area (Å²) >= 11 is 0. The fourth-order valence-electron chi connectivity index (χ4n) is 3.35. The molecule has 3 atom stereocenters. The number of carboxylic acids is 1. The first-order chi connectivity index (χ1) is 11.5. The van der Waals surface area contributed by atoms with Crippen LogP contribution in [-0.2, 0) is 11.2 Å². The number of aryl methyl sites for hydroxylation is 1. The largest absolute Gasteiger partial charge is 1.00 e. The number of aliphatic carboxylic acids is 1. The summed E-state index contributed by atoms with van der Waals surface area (Å²) in [7, 11) is 0. The molecule has 0 unspecified atom stereocenters. The van der Waals surface area contributed by atoms with Crippen molar-refractivity contribution in [1.82, 2.24) is 0 Å². The van der Waals surface area contributed by atoms with Crippen molar-refractivity contribution in [3.8, 4) is 0 Å². The van der Waals surface area contributed by atoms with Crippen LogP contribution in [0.1, 0.15) is 50.5 Å².